The lowest BCUT2D eigenvalue weighted by atomic mass is 9.83. The van der Waals surface area contributed by atoms with Crippen LogP contribution in [0.3, 0.4) is 0 Å². The van der Waals surface area contributed by atoms with Crippen LogP contribution in [0.4, 0.5) is 0 Å². The highest BCUT2D eigenvalue weighted by Crippen LogP contribution is 2.28. The minimum absolute atomic E-state index is 0.0549. The van der Waals surface area contributed by atoms with Gasteiger partial charge in [-0.1, -0.05) is 0 Å². The predicted molar refractivity (Wildman–Crippen MR) is 78.0 cm³/mol. The van der Waals surface area contributed by atoms with Crippen LogP contribution in [-0.2, 0) is 9.59 Å². The quantitative estimate of drug-likeness (QED) is 0.811. The Morgan fingerprint density at radius 2 is 2.00 bits per heavy atom. The van der Waals surface area contributed by atoms with E-state index in [9.17, 15) is 9.59 Å². The zero-order chi connectivity index (χ0) is 14.8. The maximum absolute atomic E-state index is 12.4. The maximum Gasteiger partial charge on any atom is 0.245 e. The molecule has 114 valence electrons. The summed E-state index contributed by atoms with van der Waals surface area (Å²) in [5.41, 5.74) is 5.18. The first-order chi connectivity index (χ1) is 9.41. The zero-order valence-electron chi connectivity index (χ0n) is 12.7. The lowest BCUT2D eigenvalue weighted by molar-refractivity contribution is -0.149. The molecular weight excluding hydrogens is 254 g/mol. The van der Waals surface area contributed by atoms with E-state index >= 15 is 0 Å². The summed E-state index contributed by atoms with van der Waals surface area (Å²) in [6.45, 7) is 4.82. The lowest BCUT2D eigenvalue weighted by Crippen LogP contribution is -2.63. The largest absolute Gasteiger partial charge is 0.352 e. The van der Waals surface area contributed by atoms with E-state index in [2.05, 4.69) is 5.32 Å². The average Bonchev–Trinajstić information content (AvgIpc) is 2.41. The van der Waals surface area contributed by atoms with E-state index in [-0.39, 0.29) is 11.8 Å². The van der Waals surface area contributed by atoms with Crippen LogP contribution in [0, 0.1) is 5.92 Å². The van der Waals surface area contributed by atoms with Gasteiger partial charge in [0.05, 0.1) is 0 Å². The van der Waals surface area contributed by atoms with E-state index < -0.39 is 5.54 Å². The summed E-state index contributed by atoms with van der Waals surface area (Å²) < 4.78 is 0. The molecule has 1 aliphatic carbocycles. The van der Waals surface area contributed by atoms with Crippen LogP contribution >= 0.6 is 0 Å². The van der Waals surface area contributed by atoms with Crippen LogP contribution in [0.5, 0.6) is 0 Å². The van der Waals surface area contributed by atoms with Crippen LogP contribution in [0.1, 0.15) is 52.4 Å². The van der Waals surface area contributed by atoms with Crippen molar-refractivity contribution >= 4 is 11.8 Å². The van der Waals surface area contributed by atoms with Crippen molar-refractivity contribution < 1.29 is 9.59 Å². The molecule has 1 saturated heterocycles. The molecule has 0 bridgehead atoms. The third-order valence-electron chi connectivity index (χ3n) is 4.81. The van der Waals surface area contributed by atoms with Gasteiger partial charge in [0.15, 0.2) is 0 Å². The molecule has 0 atom stereocenters. The number of carbonyl (C=O) groups is 2. The van der Waals surface area contributed by atoms with Crippen LogP contribution in [-0.4, -0.2) is 41.4 Å². The molecule has 2 aliphatic rings. The number of hydrogen-bond donors (Lipinski definition) is 2. The molecule has 20 heavy (non-hydrogen) atoms. The Kier molecular flexibility index (Phi) is 4.68. The highest BCUT2D eigenvalue weighted by molar-refractivity contribution is 5.91. The van der Waals surface area contributed by atoms with Crippen LogP contribution < -0.4 is 11.1 Å². The summed E-state index contributed by atoms with van der Waals surface area (Å²) in [6.07, 6.45) is 5.92. The van der Waals surface area contributed by atoms with Gasteiger partial charge in [0, 0.05) is 25.6 Å². The number of amides is 2. The molecule has 0 unspecified atom stereocenters. The Morgan fingerprint density at radius 1 is 1.35 bits per heavy atom. The van der Waals surface area contributed by atoms with Crippen LogP contribution in [0.25, 0.3) is 0 Å². The molecule has 1 saturated carbocycles. The standard InChI is InChI=1S/C15H27N3O2/c1-15(2)14(20)17-9-10-18(15)13(19)8-5-11-3-6-12(16)7-4-11/h11-12H,3-10,16H2,1-2H3,(H,17,20). The average molecular weight is 281 g/mol. The fourth-order valence-electron chi connectivity index (χ4n) is 3.28. The van der Waals surface area contributed by atoms with Gasteiger partial charge in [-0.2, -0.15) is 0 Å². The van der Waals surface area contributed by atoms with Gasteiger partial charge in [-0.15, -0.1) is 0 Å². The minimum atomic E-state index is -0.718. The third kappa shape index (κ3) is 3.32. The van der Waals surface area contributed by atoms with Gasteiger partial charge < -0.3 is 16.0 Å². The van der Waals surface area contributed by atoms with Gasteiger partial charge in [0.2, 0.25) is 11.8 Å². The van der Waals surface area contributed by atoms with Gasteiger partial charge in [-0.25, -0.2) is 0 Å². The van der Waals surface area contributed by atoms with E-state index in [0.29, 0.717) is 31.5 Å². The summed E-state index contributed by atoms with van der Waals surface area (Å²) in [5, 5.41) is 2.82. The van der Waals surface area contributed by atoms with Crippen molar-refractivity contribution in [3.8, 4) is 0 Å². The molecule has 5 nitrogen and oxygen atoms in total. The Hall–Kier alpha value is -1.10. The zero-order valence-corrected chi connectivity index (χ0v) is 12.7. The first-order valence-electron chi connectivity index (χ1n) is 7.75. The molecule has 0 aromatic carbocycles. The molecule has 1 heterocycles. The van der Waals surface area contributed by atoms with Crippen molar-refractivity contribution in [1.29, 1.82) is 0 Å². The number of nitrogens with one attached hydrogen (secondary N) is 1. The number of hydrogen-bond acceptors (Lipinski definition) is 3. The number of carbonyl (C=O) groups excluding carboxylic acids is 2. The molecule has 0 aromatic heterocycles. The summed E-state index contributed by atoms with van der Waals surface area (Å²) in [6, 6.07) is 0.353. The van der Waals surface area contributed by atoms with E-state index in [4.69, 9.17) is 5.73 Å². The Balaban J connectivity index is 1.83. The Labute approximate surface area is 121 Å². The van der Waals surface area contributed by atoms with Crippen molar-refractivity contribution in [2.24, 2.45) is 11.7 Å². The van der Waals surface area contributed by atoms with Gasteiger partial charge in [0.25, 0.3) is 0 Å². The third-order valence-corrected chi connectivity index (χ3v) is 4.81. The highest BCUT2D eigenvalue weighted by Gasteiger charge is 2.40. The Morgan fingerprint density at radius 3 is 2.65 bits per heavy atom. The second-order valence-corrected chi connectivity index (χ2v) is 6.68. The molecular formula is C15H27N3O2. The lowest BCUT2D eigenvalue weighted by Gasteiger charge is -2.41. The number of rotatable bonds is 3. The predicted octanol–water partition coefficient (Wildman–Crippen LogP) is 1.02. The van der Waals surface area contributed by atoms with Crippen molar-refractivity contribution in [3.63, 3.8) is 0 Å². The number of nitrogens with two attached hydrogens (primary N) is 1. The summed E-state index contributed by atoms with van der Waals surface area (Å²) >= 11 is 0. The molecule has 0 radical (unpaired) electrons. The molecule has 5 heteroatoms. The second-order valence-electron chi connectivity index (χ2n) is 6.68. The summed E-state index contributed by atoms with van der Waals surface area (Å²) in [4.78, 5) is 26.0. The summed E-state index contributed by atoms with van der Waals surface area (Å²) in [5.74, 6) is 0.681. The molecule has 3 N–H and O–H groups in total. The molecule has 1 aliphatic heterocycles. The minimum Gasteiger partial charge on any atom is -0.352 e. The molecule has 2 amide bonds. The molecule has 0 spiro atoms. The first-order valence-corrected chi connectivity index (χ1v) is 7.75. The van der Waals surface area contributed by atoms with Crippen molar-refractivity contribution in [3.05, 3.63) is 0 Å². The summed E-state index contributed by atoms with van der Waals surface area (Å²) in [7, 11) is 0. The fraction of sp³-hybridized carbons (Fsp3) is 0.867. The smallest absolute Gasteiger partial charge is 0.245 e. The van der Waals surface area contributed by atoms with Gasteiger partial charge in [-0.05, 0) is 51.9 Å². The van der Waals surface area contributed by atoms with Crippen molar-refractivity contribution in [2.75, 3.05) is 13.1 Å². The van der Waals surface area contributed by atoms with E-state index in [1.165, 1.54) is 0 Å². The monoisotopic (exact) mass is 281 g/mol. The normalized spacial score (nSPS) is 29.9. The van der Waals surface area contributed by atoms with E-state index in [1.807, 2.05) is 13.8 Å². The molecule has 0 aromatic rings. The SMILES string of the molecule is CC1(C)C(=O)NCCN1C(=O)CCC1CCC(N)CC1. The fourth-order valence-corrected chi connectivity index (χ4v) is 3.28. The van der Waals surface area contributed by atoms with Crippen molar-refractivity contribution in [1.82, 2.24) is 10.2 Å². The highest BCUT2D eigenvalue weighted by atomic mass is 16.2. The number of piperazine rings is 1. The van der Waals surface area contributed by atoms with Crippen molar-refractivity contribution in [2.45, 2.75) is 64.0 Å². The van der Waals surface area contributed by atoms with E-state index in [0.717, 1.165) is 32.1 Å². The second kappa shape index (κ2) is 6.12. The maximum atomic E-state index is 12.4. The molecule has 2 fully saturated rings. The number of nitrogens with zero attached hydrogens (tertiary/aromatic N) is 1. The molecule has 2 rings (SSSR count). The van der Waals surface area contributed by atoms with Crippen LogP contribution in [0.2, 0.25) is 0 Å². The van der Waals surface area contributed by atoms with E-state index in [1.54, 1.807) is 4.90 Å². The van der Waals surface area contributed by atoms with Gasteiger partial charge >= 0.3 is 0 Å². The Bertz CT molecular complexity index is 373. The van der Waals surface area contributed by atoms with Gasteiger partial charge in [0.1, 0.15) is 5.54 Å². The topological polar surface area (TPSA) is 75.4 Å². The van der Waals surface area contributed by atoms with Crippen LogP contribution in [0.15, 0.2) is 0 Å². The first kappa shape index (κ1) is 15.3. The van der Waals surface area contributed by atoms with Gasteiger partial charge in [-0.3, -0.25) is 9.59 Å².